The van der Waals surface area contributed by atoms with Crippen molar-refractivity contribution in [2.75, 3.05) is 11.5 Å². The first-order valence-corrected chi connectivity index (χ1v) is 3.05. The van der Waals surface area contributed by atoms with Gasteiger partial charge in [-0.2, -0.15) is 0 Å². The van der Waals surface area contributed by atoms with Crippen molar-refractivity contribution in [3.8, 4) is 5.75 Å². The minimum Gasteiger partial charge on any atom is -0.504 e. The summed E-state index contributed by atoms with van der Waals surface area (Å²) in [4.78, 5) is 3.23. The van der Waals surface area contributed by atoms with Crippen LogP contribution in [-0.4, -0.2) is 10.1 Å². The molecule has 0 aliphatic rings. The van der Waals surface area contributed by atoms with Crippen LogP contribution in [0.15, 0.2) is 6.20 Å². The molecule has 0 bridgehead atoms. The molecule has 6 heteroatoms. The maximum Gasteiger partial charge on any atom is 0.284 e. The van der Waals surface area contributed by atoms with Crippen molar-refractivity contribution in [3.63, 3.8) is 0 Å². The number of aromatic hydroxyl groups is 1. The van der Waals surface area contributed by atoms with E-state index in [1.54, 1.807) is 0 Å². The lowest BCUT2D eigenvalue weighted by Crippen LogP contribution is -2.00. The largest absolute Gasteiger partial charge is 0.504 e. The Hall–Kier alpha value is -1.59. The van der Waals surface area contributed by atoms with Crippen LogP contribution in [0.5, 0.6) is 5.75 Å². The Kier molecular flexibility index (Phi) is 1.99. The second kappa shape index (κ2) is 2.80. The lowest BCUT2D eigenvalue weighted by atomic mass is 10.2. The number of halogens is 2. The minimum absolute atomic E-state index is 0.0168. The first kappa shape index (κ1) is 8.51. The van der Waals surface area contributed by atoms with Crippen molar-refractivity contribution in [1.29, 1.82) is 0 Å². The van der Waals surface area contributed by atoms with Crippen LogP contribution in [-0.2, 0) is 0 Å². The summed E-state index contributed by atoms with van der Waals surface area (Å²) < 4.78 is 24.0. The highest BCUT2D eigenvalue weighted by atomic mass is 19.3. The summed E-state index contributed by atoms with van der Waals surface area (Å²) in [6, 6.07) is 0. The quantitative estimate of drug-likeness (QED) is 0.591. The van der Waals surface area contributed by atoms with E-state index in [1.165, 1.54) is 0 Å². The number of aromatic nitrogens is 1. The summed E-state index contributed by atoms with van der Waals surface area (Å²) in [7, 11) is 0. The average Bonchev–Trinajstić information content (AvgIpc) is 2.00. The standard InChI is InChI=1S/C6H7F2N3O/c7-6(8)4-5(12)3(10)2(9)1-11-4/h1,6,12H,9H2,(H2,10,11). The lowest BCUT2D eigenvalue weighted by molar-refractivity contribution is 0.142. The SMILES string of the molecule is Nc1cnc(C(F)F)c(O)c1N. The highest BCUT2D eigenvalue weighted by molar-refractivity contribution is 5.70. The Morgan fingerprint density at radius 1 is 1.42 bits per heavy atom. The van der Waals surface area contributed by atoms with E-state index >= 15 is 0 Å². The van der Waals surface area contributed by atoms with Crippen LogP contribution in [0.1, 0.15) is 12.1 Å². The van der Waals surface area contributed by atoms with Crippen LogP contribution in [0.4, 0.5) is 20.2 Å². The van der Waals surface area contributed by atoms with Crippen LogP contribution in [0.3, 0.4) is 0 Å². The van der Waals surface area contributed by atoms with Crippen molar-refractivity contribution in [1.82, 2.24) is 4.98 Å². The van der Waals surface area contributed by atoms with Gasteiger partial charge in [-0.25, -0.2) is 13.8 Å². The van der Waals surface area contributed by atoms with Gasteiger partial charge in [-0.05, 0) is 0 Å². The van der Waals surface area contributed by atoms with Gasteiger partial charge >= 0.3 is 0 Å². The van der Waals surface area contributed by atoms with Gasteiger partial charge in [-0.1, -0.05) is 0 Å². The summed E-state index contributed by atoms with van der Waals surface area (Å²) in [6.45, 7) is 0. The molecular weight excluding hydrogens is 168 g/mol. The van der Waals surface area contributed by atoms with Crippen molar-refractivity contribution in [2.45, 2.75) is 6.43 Å². The first-order chi connectivity index (χ1) is 5.54. The molecule has 5 N–H and O–H groups in total. The van der Waals surface area contributed by atoms with Crippen molar-refractivity contribution in [2.24, 2.45) is 0 Å². The summed E-state index contributed by atoms with van der Waals surface area (Å²) >= 11 is 0. The number of pyridine rings is 1. The Labute approximate surface area is 66.8 Å². The predicted octanol–water partition coefficient (Wildman–Crippen LogP) is 0.889. The molecule has 0 unspecified atom stereocenters. The fraction of sp³-hybridized carbons (Fsp3) is 0.167. The van der Waals surface area contributed by atoms with E-state index in [0.717, 1.165) is 6.20 Å². The van der Waals surface area contributed by atoms with E-state index < -0.39 is 17.9 Å². The number of nitrogens with zero attached hydrogens (tertiary/aromatic N) is 1. The minimum atomic E-state index is -2.85. The zero-order valence-electron chi connectivity index (χ0n) is 5.96. The first-order valence-electron chi connectivity index (χ1n) is 3.05. The van der Waals surface area contributed by atoms with Gasteiger partial charge in [-0.3, -0.25) is 0 Å². The molecular formula is C6H7F2N3O. The van der Waals surface area contributed by atoms with E-state index in [4.69, 9.17) is 16.6 Å². The highest BCUT2D eigenvalue weighted by Crippen LogP contribution is 2.33. The van der Waals surface area contributed by atoms with Gasteiger partial charge in [0.05, 0.1) is 11.9 Å². The number of anilines is 2. The van der Waals surface area contributed by atoms with E-state index in [0.29, 0.717) is 0 Å². The van der Waals surface area contributed by atoms with E-state index in [1.807, 2.05) is 0 Å². The van der Waals surface area contributed by atoms with Gasteiger partial charge in [0.2, 0.25) is 0 Å². The van der Waals surface area contributed by atoms with E-state index in [-0.39, 0.29) is 11.4 Å². The molecule has 0 aromatic carbocycles. The molecule has 0 aliphatic carbocycles. The average molecular weight is 175 g/mol. The fourth-order valence-corrected chi connectivity index (χ4v) is 0.704. The number of hydrogen-bond donors (Lipinski definition) is 3. The van der Waals surface area contributed by atoms with Gasteiger partial charge in [-0.15, -0.1) is 0 Å². The second-order valence-electron chi connectivity index (χ2n) is 2.16. The molecule has 0 saturated heterocycles. The monoisotopic (exact) mass is 175 g/mol. The Morgan fingerprint density at radius 2 is 2.00 bits per heavy atom. The van der Waals surface area contributed by atoms with E-state index in [9.17, 15) is 8.78 Å². The summed E-state index contributed by atoms with van der Waals surface area (Å²) in [6.07, 6.45) is -1.87. The molecule has 0 atom stereocenters. The molecule has 0 spiro atoms. The number of nitrogen functional groups attached to an aromatic ring is 2. The van der Waals surface area contributed by atoms with Crippen LogP contribution in [0.2, 0.25) is 0 Å². The van der Waals surface area contributed by atoms with Gasteiger partial charge in [0.1, 0.15) is 5.69 Å². The van der Waals surface area contributed by atoms with Gasteiger partial charge in [0.25, 0.3) is 6.43 Å². The van der Waals surface area contributed by atoms with Gasteiger partial charge in [0, 0.05) is 0 Å². The molecule has 0 radical (unpaired) electrons. The summed E-state index contributed by atoms with van der Waals surface area (Å²) in [5.41, 5.74) is 9.34. The number of nitrogens with two attached hydrogens (primary N) is 2. The maximum absolute atomic E-state index is 12.0. The van der Waals surface area contributed by atoms with E-state index in [2.05, 4.69) is 4.98 Å². The third kappa shape index (κ3) is 1.23. The molecule has 0 amide bonds. The third-order valence-corrected chi connectivity index (χ3v) is 1.36. The summed E-state index contributed by atoms with van der Waals surface area (Å²) in [5.74, 6) is -0.745. The predicted molar refractivity (Wildman–Crippen MR) is 39.7 cm³/mol. The van der Waals surface area contributed by atoms with Crippen LogP contribution < -0.4 is 11.5 Å². The molecule has 1 heterocycles. The molecule has 66 valence electrons. The molecule has 4 nitrogen and oxygen atoms in total. The smallest absolute Gasteiger partial charge is 0.284 e. The number of alkyl halides is 2. The Morgan fingerprint density at radius 3 is 2.50 bits per heavy atom. The van der Waals surface area contributed by atoms with Crippen LogP contribution >= 0.6 is 0 Å². The molecule has 0 aliphatic heterocycles. The number of hydrogen-bond acceptors (Lipinski definition) is 4. The van der Waals surface area contributed by atoms with Crippen LogP contribution in [0, 0.1) is 0 Å². The molecule has 12 heavy (non-hydrogen) atoms. The topological polar surface area (TPSA) is 85.2 Å². The molecule has 1 aromatic heterocycles. The van der Waals surface area contributed by atoms with Crippen molar-refractivity contribution < 1.29 is 13.9 Å². The van der Waals surface area contributed by atoms with Gasteiger partial charge in [0.15, 0.2) is 11.4 Å². The normalized spacial score (nSPS) is 10.6. The zero-order valence-corrected chi connectivity index (χ0v) is 5.96. The van der Waals surface area contributed by atoms with Gasteiger partial charge < -0.3 is 16.6 Å². The Bertz CT molecular complexity index is 303. The molecule has 0 saturated carbocycles. The third-order valence-electron chi connectivity index (χ3n) is 1.36. The molecule has 0 fully saturated rings. The lowest BCUT2D eigenvalue weighted by Gasteiger charge is -2.06. The second-order valence-corrected chi connectivity index (χ2v) is 2.16. The van der Waals surface area contributed by atoms with Crippen molar-refractivity contribution >= 4 is 11.4 Å². The number of rotatable bonds is 1. The van der Waals surface area contributed by atoms with Crippen LogP contribution in [0.25, 0.3) is 0 Å². The fourth-order valence-electron chi connectivity index (χ4n) is 0.704. The maximum atomic E-state index is 12.0. The molecule has 1 aromatic rings. The van der Waals surface area contributed by atoms with Crippen molar-refractivity contribution in [3.05, 3.63) is 11.9 Å². The summed E-state index contributed by atoms with van der Waals surface area (Å²) in [5, 5.41) is 9.00. The zero-order chi connectivity index (χ0) is 9.30. The highest BCUT2D eigenvalue weighted by Gasteiger charge is 2.17. The molecule has 1 rings (SSSR count). The Balaban J connectivity index is 3.27.